The maximum absolute atomic E-state index is 13.1. The zero-order valence-corrected chi connectivity index (χ0v) is 18.2. The smallest absolute Gasteiger partial charge is 0.465 e. The van der Waals surface area contributed by atoms with Gasteiger partial charge in [-0.2, -0.15) is 21.6 Å². The summed E-state index contributed by atoms with van der Waals surface area (Å²) in [6, 6.07) is 1.04. The van der Waals surface area contributed by atoms with E-state index < -0.39 is 44.7 Å². The maximum atomic E-state index is 13.1. The highest BCUT2D eigenvalue weighted by Crippen LogP contribution is 2.39. The molecule has 0 N–H and O–H groups in total. The predicted octanol–water partition coefficient (Wildman–Crippen LogP) is 2.23. The van der Waals surface area contributed by atoms with Crippen LogP contribution in [0.15, 0.2) is 6.07 Å². The van der Waals surface area contributed by atoms with E-state index in [4.69, 9.17) is 9.47 Å². The molecule has 0 amide bonds. The molecular weight excluding hydrogens is 445 g/mol. The molecule has 1 aromatic rings. The number of ether oxygens (including phenoxy) is 2. The van der Waals surface area contributed by atoms with Crippen molar-refractivity contribution in [3.8, 4) is 5.88 Å². The molecule has 0 aliphatic carbocycles. The average Bonchev–Trinajstić information content (AvgIpc) is 2.65. The van der Waals surface area contributed by atoms with Crippen molar-refractivity contribution in [1.82, 2.24) is 4.98 Å². The lowest BCUT2D eigenvalue weighted by Crippen LogP contribution is -2.49. The molecule has 1 aromatic heterocycles. The second-order valence-corrected chi connectivity index (χ2v) is 8.32. The van der Waals surface area contributed by atoms with Gasteiger partial charge in [0.2, 0.25) is 5.88 Å². The molecule has 0 fully saturated rings. The van der Waals surface area contributed by atoms with Gasteiger partial charge in [0, 0.05) is 19.3 Å². The van der Waals surface area contributed by atoms with Crippen molar-refractivity contribution in [1.29, 1.82) is 0 Å². The van der Waals surface area contributed by atoms with Gasteiger partial charge >= 0.3 is 21.6 Å². The average molecular weight is 468 g/mol. The Balaban J connectivity index is 2.71. The van der Waals surface area contributed by atoms with Crippen LogP contribution in [0.5, 0.6) is 5.88 Å². The van der Waals surface area contributed by atoms with Gasteiger partial charge < -0.3 is 18.6 Å². The van der Waals surface area contributed by atoms with Crippen LogP contribution < -0.4 is 9.08 Å². The van der Waals surface area contributed by atoms with Gasteiger partial charge in [0.05, 0.1) is 24.9 Å². The van der Waals surface area contributed by atoms with E-state index in [1.807, 2.05) is 6.92 Å². The van der Waals surface area contributed by atoms with E-state index in [0.29, 0.717) is 6.42 Å². The number of carbonyl (C=O) groups is 2. The second-order valence-electron chi connectivity index (χ2n) is 6.78. The van der Waals surface area contributed by atoms with E-state index in [1.165, 1.54) is 27.0 Å². The fraction of sp³-hybridized carbons (Fsp3) is 0.611. The van der Waals surface area contributed by atoms with Crippen LogP contribution in [-0.2, 0) is 24.4 Å². The summed E-state index contributed by atoms with van der Waals surface area (Å²) >= 11 is 0. The molecule has 1 aliphatic rings. The first-order chi connectivity index (χ1) is 14.4. The molecule has 2 atom stereocenters. The predicted molar refractivity (Wildman–Crippen MR) is 102 cm³/mol. The third kappa shape index (κ3) is 5.09. The van der Waals surface area contributed by atoms with E-state index in [-0.39, 0.29) is 37.2 Å². The summed E-state index contributed by atoms with van der Waals surface area (Å²) in [5.41, 5.74) is -6.04. The molecule has 9 nitrogen and oxygen atoms in total. The van der Waals surface area contributed by atoms with Gasteiger partial charge in [-0.1, -0.05) is 6.92 Å². The summed E-state index contributed by atoms with van der Waals surface area (Å²) in [7, 11) is -4.65. The van der Waals surface area contributed by atoms with Crippen LogP contribution in [0.25, 0.3) is 0 Å². The van der Waals surface area contributed by atoms with Gasteiger partial charge in [0.1, 0.15) is 11.5 Å². The lowest BCUT2D eigenvalue weighted by atomic mass is 9.90. The van der Waals surface area contributed by atoms with Gasteiger partial charge in [0.15, 0.2) is 5.78 Å². The number of halogens is 3. The van der Waals surface area contributed by atoms with Crippen LogP contribution in [0.3, 0.4) is 0 Å². The Morgan fingerprint density at radius 2 is 2.00 bits per heavy atom. The standard InChI is InChI=1S/C18H23F3N2O7S/c1-5-11(9-28-4)23-8-12(17(25)29-6-2)15(24)14-13(23)7-10(3)22-16(14)30-31(26,27)18(19,20)21/h7,11-12H,5-6,8-9H2,1-4H3. The third-order valence-corrected chi connectivity index (χ3v) is 5.60. The minimum absolute atomic E-state index is 0.0251. The molecule has 0 saturated carbocycles. The van der Waals surface area contributed by atoms with Crippen molar-refractivity contribution in [2.24, 2.45) is 5.92 Å². The number of esters is 1. The van der Waals surface area contributed by atoms with Gasteiger partial charge in [-0.15, -0.1) is 0 Å². The molecule has 2 unspecified atom stereocenters. The first-order valence-electron chi connectivity index (χ1n) is 9.36. The molecule has 0 radical (unpaired) electrons. The first-order valence-corrected chi connectivity index (χ1v) is 10.8. The van der Waals surface area contributed by atoms with Crippen molar-refractivity contribution in [3.05, 3.63) is 17.3 Å². The number of anilines is 1. The number of aromatic nitrogens is 1. The molecule has 2 rings (SSSR count). The fourth-order valence-corrected chi connectivity index (χ4v) is 3.66. The third-order valence-electron chi connectivity index (χ3n) is 4.66. The summed E-state index contributed by atoms with van der Waals surface area (Å²) in [5, 5.41) is 0. The lowest BCUT2D eigenvalue weighted by molar-refractivity contribution is -0.146. The number of carbonyl (C=O) groups excluding carboxylic acids is 2. The summed E-state index contributed by atoms with van der Waals surface area (Å²) in [4.78, 5) is 30.8. The molecule has 0 bridgehead atoms. The van der Waals surface area contributed by atoms with E-state index >= 15 is 0 Å². The first kappa shape index (κ1) is 24.9. The van der Waals surface area contributed by atoms with Gasteiger partial charge in [-0.05, 0) is 26.3 Å². The summed E-state index contributed by atoms with van der Waals surface area (Å²) in [6.45, 7) is 4.79. The number of ketones is 1. The van der Waals surface area contributed by atoms with Crippen LogP contribution in [0.4, 0.5) is 18.9 Å². The number of nitrogens with zero attached hydrogens (tertiary/aromatic N) is 2. The van der Waals surface area contributed by atoms with Gasteiger partial charge in [-0.25, -0.2) is 4.98 Å². The minimum Gasteiger partial charge on any atom is -0.465 e. The zero-order chi connectivity index (χ0) is 23.6. The Labute approximate surface area is 177 Å². The Morgan fingerprint density at radius 1 is 1.35 bits per heavy atom. The number of hydrogen-bond acceptors (Lipinski definition) is 9. The fourth-order valence-electron chi connectivity index (χ4n) is 3.24. The van der Waals surface area contributed by atoms with Crippen LogP contribution in [-0.4, -0.2) is 63.6 Å². The van der Waals surface area contributed by atoms with Crippen molar-refractivity contribution in [2.75, 3.05) is 31.8 Å². The summed E-state index contributed by atoms with van der Waals surface area (Å²) < 4.78 is 76.2. The summed E-state index contributed by atoms with van der Waals surface area (Å²) in [6.07, 6.45) is 0.495. The molecule has 2 heterocycles. The molecule has 0 aromatic carbocycles. The summed E-state index contributed by atoms with van der Waals surface area (Å²) in [5.74, 6) is -4.26. The Kier molecular flexibility index (Phi) is 7.53. The molecule has 1 aliphatic heterocycles. The highest BCUT2D eigenvalue weighted by atomic mass is 32.2. The van der Waals surface area contributed by atoms with Crippen LogP contribution in [0.2, 0.25) is 0 Å². The number of Topliss-reactive ketones (excluding diaryl/α,β-unsaturated/α-hetero) is 1. The van der Waals surface area contributed by atoms with Crippen LogP contribution in [0.1, 0.15) is 36.3 Å². The van der Waals surface area contributed by atoms with Crippen molar-refractivity contribution >= 4 is 27.6 Å². The number of alkyl halides is 3. The number of hydrogen-bond donors (Lipinski definition) is 0. The van der Waals surface area contributed by atoms with Crippen molar-refractivity contribution in [3.63, 3.8) is 0 Å². The molecule has 0 spiro atoms. The number of aryl methyl sites for hydroxylation is 1. The molecular formula is C18H23F3N2O7S. The SMILES string of the molecule is CCOC(=O)C1CN(C(CC)COC)c2cc(C)nc(OS(=O)(=O)C(F)(F)F)c2C1=O. The van der Waals surface area contributed by atoms with Gasteiger partial charge in [0.25, 0.3) is 0 Å². The second kappa shape index (κ2) is 9.39. The maximum Gasteiger partial charge on any atom is 0.534 e. The van der Waals surface area contributed by atoms with E-state index in [2.05, 4.69) is 9.17 Å². The highest BCUT2D eigenvalue weighted by molar-refractivity contribution is 7.88. The highest BCUT2D eigenvalue weighted by Gasteiger charge is 2.50. The topological polar surface area (TPSA) is 112 Å². The van der Waals surface area contributed by atoms with Crippen molar-refractivity contribution < 1.29 is 44.8 Å². The quantitative estimate of drug-likeness (QED) is 0.245. The Morgan fingerprint density at radius 3 is 2.52 bits per heavy atom. The largest absolute Gasteiger partial charge is 0.534 e. The Hall–Kier alpha value is -2.41. The molecule has 174 valence electrons. The van der Waals surface area contributed by atoms with E-state index in [0.717, 1.165) is 0 Å². The normalized spacial score (nSPS) is 17.8. The molecule has 13 heteroatoms. The molecule has 0 saturated heterocycles. The lowest BCUT2D eigenvalue weighted by Gasteiger charge is -2.39. The number of rotatable bonds is 8. The monoisotopic (exact) mass is 468 g/mol. The molecule has 31 heavy (non-hydrogen) atoms. The van der Waals surface area contributed by atoms with E-state index in [1.54, 1.807) is 4.90 Å². The minimum atomic E-state index is -6.10. The zero-order valence-electron chi connectivity index (χ0n) is 17.4. The van der Waals surface area contributed by atoms with Crippen molar-refractivity contribution in [2.45, 2.75) is 38.7 Å². The Bertz CT molecular complexity index is 950. The van der Waals surface area contributed by atoms with Crippen LogP contribution in [0, 0.1) is 12.8 Å². The van der Waals surface area contributed by atoms with Crippen LogP contribution >= 0.6 is 0 Å². The van der Waals surface area contributed by atoms with Gasteiger partial charge in [-0.3, -0.25) is 9.59 Å². The number of pyridine rings is 1. The van der Waals surface area contributed by atoms with E-state index in [9.17, 15) is 31.2 Å². The number of methoxy groups -OCH3 is 1. The number of fused-ring (bicyclic) bond motifs is 1.